The molecule has 0 saturated carbocycles. The van der Waals surface area contributed by atoms with Crippen LogP contribution in [0.5, 0.6) is 11.5 Å². The van der Waals surface area contributed by atoms with Crippen molar-refractivity contribution < 1.29 is 9.47 Å². The molecule has 6 nitrogen and oxygen atoms in total. The van der Waals surface area contributed by atoms with Crippen LogP contribution in [0.4, 0.5) is 0 Å². The van der Waals surface area contributed by atoms with Crippen LogP contribution in [0.15, 0.2) is 65.8 Å². The van der Waals surface area contributed by atoms with Crippen molar-refractivity contribution in [1.29, 1.82) is 0 Å². The predicted octanol–water partition coefficient (Wildman–Crippen LogP) is 3.42. The molecule has 3 rings (SSSR count). The first-order valence-electron chi connectivity index (χ1n) is 9.77. The Bertz CT molecular complexity index is 953. The van der Waals surface area contributed by atoms with Gasteiger partial charge in [-0.05, 0) is 37.1 Å². The number of nitrogens with zero attached hydrogens (tertiary/aromatic N) is 2. The maximum absolute atomic E-state index is 5.94. The van der Waals surface area contributed by atoms with Gasteiger partial charge in [0.2, 0.25) is 0 Å². The van der Waals surface area contributed by atoms with Crippen LogP contribution in [0.3, 0.4) is 0 Å². The zero-order valence-electron chi connectivity index (χ0n) is 17.2. The van der Waals surface area contributed by atoms with Crippen LogP contribution in [0.25, 0.3) is 10.9 Å². The summed E-state index contributed by atoms with van der Waals surface area (Å²) in [5.74, 6) is 2.31. The van der Waals surface area contributed by atoms with Gasteiger partial charge in [-0.15, -0.1) is 0 Å². The van der Waals surface area contributed by atoms with Gasteiger partial charge in [0.1, 0.15) is 17.6 Å². The average Bonchev–Trinajstić information content (AvgIpc) is 2.76. The Morgan fingerprint density at radius 2 is 1.86 bits per heavy atom. The van der Waals surface area contributed by atoms with E-state index in [-0.39, 0.29) is 6.10 Å². The minimum absolute atomic E-state index is 0.0251. The molecule has 1 atom stereocenters. The van der Waals surface area contributed by atoms with Gasteiger partial charge in [0.05, 0.1) is 19.2 Å². The molecule has 6 heteroatoms. The number of fused-ring (bicyclic) bond motifs is 1. The Morgan fingerprint density at radius 3 is 2.69 bits per heavy atom. The van der Waals surface area contributed by atoms with E-state index in [9.17, 15) is 0 Å². The van der Waals surface area contributed by atoms with Crippen molar-refractivity contribution >= 4 is 16.9 Å². The fraction of sp³-hybridized carbons (Fsp3) is 0.304. The molecule has 0 saturated heterocycles. The molecule has 1 heterocycles. The Hall–Kier alpha value is -3.28. The number of methoxy groups -OCH3 is 1. The lowest BCUT2D eigenvalue weighted by atomic mass is 10.1. The van der Waals surface area contributed by atoms with Crippen molar-refractivity contribution in [2.24, 2.45) is 4.99 Å². The number of hydrogen-bond donors (Lipinski definition) is 2. The van der Waals surface area contributed by atoms with Gasteiger partial charge in [-0.2, -0.15) is 0 Å². The number of hydrogen-bond acceptors (Lipinski definition) is 4. The first-order valence-corrected chi connectivity index (χ1v) is 9.77. The van der Waals surface area contributed by atoms with Gasteiger partial charge in [-0.25, -0.2) is 0 Å². The zero-order chi connectivity index (χ0) is 20.5. The predicted molar refractivity (Wildman–Crippen MR) is 118 cm³/mol. The summed E-state index contributed by atoms with van der Waals surface area (Å²) in [4.78, 5) is 8.80. The van der Waals surface area contributed by atoms with Crippen LogP contribution in [0.2, 0.25) is 0 Å². The van der Waals surface area contributed by atoms with E-state index in [0.29, 0.717) is 6.54 Å². The topological polar surface area (TPSA) is 67.8 Å². The zero-order valence-corrected chi connectivity index (χ0v) is 17.2. The molecule has 0 fully saturated rings. The highest BCUT2D eigenvalue weighted by Crippen LogP contribution is 2.19. The molecule has 0 aliphatic heterocycles. The second-order valence-electron chi connectivity index (χ2n) is 6.73. The van der Waals surface area contributed by atoms with Crippen LogP contribution >= 0.6 is 0 Å². The lowest BCUT2D eigenvalue weighted by molar-refractivity contribution is 0.223. The van der Waals surface area contributed by atoms with E-state index in [0.717, 1.165) is 41.3 Å². The number of rotatable bonds is 8. The second-order valence-corrected chi connectivity index (χ2v) is 6.73. The molecule has 1 unspecified atom stereocenters. The third-order valence-electron chi connectivity index (χ3n) is 4.56. The van der Waals surface area contributed by atoms with Gasteiger partial charge in [-0.3, -0.25) is 9.98 Å². The number of aliphatic imine (C=N–C) groups is 1. The summed E-state index contributed by atoms with van der Waals surface area (Å²) in [5.41, 5.74) is 2.28. The Kier molecular flexibility index (Phi) is 7.28. The van der Waals surface area contributed by atoms with Gasteiger partial charge in [0.15, 0.2) is 5.96 Å². The van der Waals surface area contributed by atoms with Crippen LogP contribution in [0.1, 0.15) is 12.5 Å². The summed E-state index contributed by atoms with van der Waals surface area (Å²) in [6.07, 6.45) is 2.68. The number of para-hydroxylation sites is 1. The number of nitrogens with one attached hydrogen (secondary N) is 2. The Labute approximate surface area is 172 Å². The maximum atomic E-state index is 5.94. The van der Waals surface area contributed by atoms with Gasteiger partial charge in [-0.1, -0.05) is 30.3 Å². The molecule has 0 aliphatic rings. The Morgan fingerprint density at radius 1 is 1.07 bits per heavy atom. The summed E-state index contributed by atoms with van der Waals surface area (Å²) in [5, 5.41) is 7.83. The summed E-state index contributed by atoms with van der Waals surface area (Å²) in [6.45, 7) is 3.41. The average molecular weight is 393 g/mol. The monoisotopic (exact) mass is 392 g/mol. The molecule has 0 amide bonds. The second kappa shape index (κ2) is 10.3. The number of benzene rings is 2. The van der Waals surface area contributed by atoms with Crippen LogP contribution < -0.4 is 20.1 Å². The van der Waals surface area contributed by atoms with E-state index in [1.807, 2.05) is 43.5 Å². The molecular formula is C23H28N4O2. The van der Waals surface area contributed by atoms with Crippen molar-refractivity contribution in [3.8, 4) is 11.5 Å². The fourth-order valence-corrected chi connectivity index (χ4v) is 3.09. The van der Waals surface area contributed by atoms with Crippen molar-refractivity contribution in [3.63, 3.8) is 0 Å². The minimum atomic E-state index is -0.0251. The molecule has 0 radical (unpaired) electrons. The summed E-state index contributed by atoms with van der Waals surface area (Å²) >= 11 is 0. The van der Waals surface area contributed by atoms with Crippen LogP contribution in [-0.2, 0) is 6.42 Å². The molecule has 0 bridgehead atoms. The highest BCUT2D eigenvalue weighted by atomic mass is 16.5. The van der Waals surface area contributed by atoms with Gasteiger partial charge in [0.25, 0.3) is 0 Å². The van der Waals surface area contributed by atoms with Crippen molar-refractivity contribution in [2.45, 2.75) is 19.4 Å². The molecule has 0 aliphatic carbocycles. The van der Waals surface area contributed by atoms with Gasteiger partial charge < -0.3 is 20.1 Å². The summed E-state index contributed by atoms with van der Waals surface area (Å²) < 4.78 is 11.2. The number of ether oxygens (including phenoxy) is 2. The molecule has 2 N–H and O–H groups in total. The molecular weight excluding hydrogens is 364 g/mol. The van der Waals surface area contributed by atoms with Crippen molar-refractivity contribution in [3.05, 3.63) is 66.4 Å². The van der Waals surface area contributed by atoms with Crippen LogP contribution in [-0.4, -0.2) is 44.3 Å². The summed E-state index contributed by atoms with van der Waals surface area (Å²) in [6, 6.07) is 17.9. The fourth-order valence-electron chi connectivity index (χ4n) is 3.09. The van der Waals surface area contributed by atoms with Crippen molar-refractivity contribution in [1.82, 2.24) is 15.6 Å². The van der Waals surface area contributed by atoms with Gasteiger partial charge >= 0.3 is 0 Å². The summed E-state index contributed by atoms with van der Waals surface area (Å²) in [7, 11) is 3.41. The highest BCUT2D eigenvalue weighted by Gasteiger charge is 2.07. The maximum Gasteiger partial charge on any atom is 0.191 e. The van der Waals surface area contributed by atoms with Gasteiger partial charge in [0, 0.05) is 31.2 Å². The van der Waals surface area contributed by atoms with E-state index >= 15 is 0 Å². The first kappa shape index (κ1) is 20.5. The van der Waals surface area contributed by atoms with E-state index in [4.69, 9.17) is 9.47 Å². The van der Waals surface area contributed by atoms with E-state index in [1.165, 1.54) is 5.56 Å². The number of pyridine rings is 1. The highest BCUT2D eigenvalue weighted by molar-refractivity contribution is 5.82. The third-order valence-corrected chi connectivity index (χ3v) is 4.56. The smallest absolute Gasteiger partial charge is 0.191 e. The number of guanidine groups is 1. The molecule has 1 aromatic heterocycles. The molecule has 152 valence electrons. The minimum Gasteiger partial charge on any atom is -0.497 e. The number of aromatic nitrogens is 1. The SMILES string of the molecule is CN=C(NCCc1cccc2cccnc12)NCC(C)Oc1cccc(OC)c1. The quantitative estimate of drug-likeness (QED) is 0.454. The molecule has 3 aromatic rings. The largest absolute Gasteiger partial charge is 0.497 e. The molecule has 29 heavy (non-hydrogen) atoms. The first-order chi connectivity index (χ1) is 14.2. The van der Waals surface area contributed by atoms with E-state index in [2.05, 4.69) is 44.9 Å². The van der Waals surface area contributed by atoms with E-state index < -0.39 is 0 Å². The van der Waals surface area contributed by atoms with Crippen molar-refractivity contribution in [2.75, 3.05) is 27.2 Å². The standard InChI is InChI=1S/C23H28N4O2/c1-17(29-21-11-5-10-20(15-21)28-3)16-27-23(24-2)26-14-12-19-8-4-7-18-9-6-13-25-22(18)19/h4-11,13,15,17H,12,14,16H2,1-3H3,(H2,24,26,27). The lowest BCUT2D eigenvalue weighted by Crippen LogP contribution is -2.42. The van der Waals surface area contributed by atoms with Crippen LogP contribution in [0, 0.1) is 0 Å². The Balaban J connectivity index is 1.46. The van der Waals surface area contributed by atoms with E-state index in [1.54, 1.807) is 14.2 Å². The normalized spacial score (nSPS) is 12.4. The molecule has 0 spiro atoms. The third kappa shape index (κ3) is 5.85. The lowest BCUT2D eigenvalue weighted by Gasteiger charge is -2.18. The molecule has 2 aromatic carbocycles.